The predicted molar refractivity (Wildman–Crippen MR) is 139 cm³/mol. The molecule has 1 aromatic heterocycles. The quantitative estimate of drug-likeness (QED) is 0.168. The van der Waals surface area contributed by atoms with E-state index in [1.54, 1.807) is 18.2 Å². The fraction of sp³-hybridized carbons (Fsp3) is 0.0714. The van der Waals surface area contributed by atoms with E-state index in [-0.39, 0.29) is 17.1 Å². The minimum Gasteiger partial charge on any atom is -0.313 e. The van der Waals surface area contributed by atoms with Gasteiger partial charge in [0.15, 0.2) is 17.5 Å². The van der Waals surface area contributed by atoms with Crippen LogP contribution >= 0.6 is 19.4 Å². The maximum Gasteiger partial charge on any atom is 0.196 e. The average molecular weight is 506 g/mol. The third kappa shape index (κ3) is 4.40. The van der Waals surface area contributed by atoms with Gasteiger partial charge in [-0.2, -0.15) is 0 Å². The molecule has 2 nitrogen and oxygen atoms in total. The number of fused-ring (bicyclic) bond motifs is 1. The van der Waals surface area contributed by atoms with Crippen LogP contribution in [0.25, 0.3) is 16.5 Å². The van der Waals surface area contributed by atoms with Crippen LogP contribution in [0.2, 0.25) is 0 Å². The molecule has 174 valence electrons. The summed E-state index contributed by atoms with van der Waals surface area (Å²) in [4.78, 5) is 5.16. The Bertz CT molecular complexity index is 1520. The number of hydrogen-bond donors (Lipinski definition) is 0. The van der Waals surface area contributed by atoms with E-state index >= 15 is 0 Å². The Morgan fingerprint density at radius 1 is 0.857 bits per heavy atom. The first-order valence-corrected chi connectivity index (χ1v) is 13.3. The fourth-order valence-corrected chi connectivity index (χ4v) is 7.09. The average Bonchev–Trinajstić information content (AvgIpc) is 2.89. The van der Waals surface area contributed by atoms with Crippen molar-refractivity contribution in [1.82, 2.24) is 4.98 Å². The van der Waals surface area contributed by atoms with Crippen molar-refractivity contribution < 1.29 is 17.7 Å². The van der Waals surface area contributed by atoms with Crippen molar-refractivity contribution in [2.75, 3.05) is 0 Å². The van der Waals surface area contributed by atoms with E-state index in [1.807, 2.05) is 66.7 Å². The molecular formula is C28H19F3NOPS. The topological polar surface area (TPSA) is 30.0 Å². The molecule has 7 heteroatoms. The number of rotatable bonds is 5. The first-order valence-electron chi connectivity index (χ1n) is 11.0. The van der Waals surface area contributed by atoms with Gasteiger partial charge in [0.25, 0.3) is 0 Å². The zero-order valence-corrected chi connectivity index (χ0v) is 20.1. The maximum atomic E-state index is 14.7. The second kappa shape index (κ2) is 9.37. The van der Waals surface area contributed by atoms with Gasteiger partial charge in [0.1, 0.15) is 12.7 Å². The Morgan fingerprint density at radius 3 is 2.06 bits per heavy atom. The standard InChI is InChI=1S/C28H19F3NOPS/c29-24-16-19-15-20(17-34(33,21-7-3-1-4-8-21)22-9-5-2-6-10-22)27(18-11-13-23(35)14-12-18)32-28(19)26(31)25(24)30/h1-13,15-16H,14,17H2. The van der Waals surface area contributed by atoms with E-state index in [0.717, 1.165) is 10.9 Å². The lowest BCUT2D eigenvalue weighted by Crippen LogP contribution is -2.18. The van der Waals surface area contributed by atoms with Gasteiger partial charge in [0.05, 0.1) is 5.69 Å². The molecule has 0 saturated carbocycles. The molecule has 0 aliphatic heterocycles. The normalized spacial score (nSPS) is 13.8. The summed E-state index contributed by atoms with van der Waals surface area (Å²) in [6.07, 6.45) is 5.94. The highest BCUT2D eigenvalue weighted by atomic mass is 32.1. The Balaban J connectivity index is 1.76. The van der Waals surface area contributed by atoms with Gasteiger partial charge in [-0.15, -0.1) is 0 Å². The highest BCUT2D eigenvalue weighted by Crippen LogP contribution is 2.48. The van der Waals surface area contributed by atoms with Gasteiger partial charge in [-0.3, -0.25) is 0 Å². The SMILES string of the molecule is O=P(Cc1cc2cc(F)c(F)c(F)c2nc1C1=CCC(=S)C=C1)(c1ccccc1)c1ccccc1. The van der Waals surface area contributed by atoms with Crippen molar-refractivity contribution in [3.63, 3.8) is 0 Å². The Kier molecular flexibility index (Phi) is 6.26. The molecule has 0 atom stereocenters. The van der Waals surface area contributed by atoms with Crippen molar-refractivity contribution in [3.8, 4) is 0 Å². The molecule has 1 aliphatic rings. The van der Waals surface area contributed by atoms with Gasteiger partial charge < -0.3 is 4.57 Å². The third-order valence-electron chi connectivity index (χ3n) is 6.01. The molecule has 4 aromatic rings. The molecule has 0 fully saturated rings. The summed E-state index contributed by atoms with van der Waals surface area (Å²) < 4.78 is 57.5. The van der Waals surface area contributed by atoms with Crippen LogP contribution in [0, 0.1) is 17.5 Å². The molecule has 0 amide bonds. The third-order valence-corrected chi connectivity index (χ3v) is 9.36. The minimum atomic E-state index is -3.23. The molecule has 1 aliphatic carbocycles. The van der Waals surface area contributed by atoms with Crippen LogP contribution < -0.4 is 10.6 Å². The first kappa shape index (κ1) is 23.4. The van der Waals surface area contributed by atoms with Gasteiger partial charge in [-0.25, -0.2) is 18.2 Å². The van der Waals surface area contributed by atoms with Crippen LogP contribution in [0.3, 0.4) is 0 Å². The largest absolute Gasteiger partial charge is 0.313 e. The number of aromatic nitrogens is 1. The molecule has 1 heterocycles. The maximum absolute atomic E-state index is 14.7. The van der Waals surface area contributed by atoms with Crippen molar-refractivity contribution in [1.29, 1.82) is 0 Å². The Hall–Kier alpha value is -3.34. The van der Waals surface area contributed by atoms with Gasteiger partial charge in [-0.05, 0) is 29.3 Å². The zero-order chi connectivity index (χ0) is 24.6. The molecule has 0 saturated heterocycles. The fourth-order valence-electron chi connectivity index (χ4n) is 4.25. The first-order chi connectivity index (χ1) is 16.9. The van der Waals surface area contributed by atoms with Crippen LogP contribution in [-0.4, -0.2) is 9.85 Å². The minimum absolute atomic E-state index is 0.0650. The van der Waals surface area contributed by atoms with Crippen LogP contribution in [0.4, 0.5) is 13.2 Å². The molecule has 0 unspecified atom stereocenters. The molecule has 35 heavy (non-hydrogen) atoms. The molecular weight excluding hydrogens is 486 g/mol. The number of nitrogens with zero attached hydrogens (tertiary/aromatic N) is 1. The van der Waals surface area contributed by atoms with Gasteiger partial charge >= 0.3 is 0 Å². The molecule has 0 radical (unpaired) electrons. The number of hydrogen-bond acceptors (Lipinski definition) is 3. The summed E-state index contributed by atoms with van der Waals surface area (Å²) >= 11 is 5.24. The summed E-state index contributed by atoms with van der Waals surface area (Å²) in [5.41, 5.74) is 1.29. The summed E-state index contributed by atoms with van der Waals surface area (Å²) in [6.45, 7) is 0. The summed E-state index contributed by atoms with van der Waals surface area (Å²) in [7, 11) is -3.23. The van der Waals surface area contributed by atoms with Gasteiger partial charge in [0, 0.05) is 33.4 Å². The van der Waals surface area contributed by atoms with Crippen molar-refractivity contribution >= 4 is 51.3 Å². The lowest BCUT2D eigenvalue weighted by atomic mass is 9.99. The smallest absolute Gasteiger partial charge is 0.196 e. The number of thiocarbonyl (C=S) groups is 1. The van der Waals surface area contributed by atoms with Crippen molar-refractivity contribution in [2.45, 2.75) is 12.6 Å². The lowest BCUT2D eigenvalue weighted by Gasteiger charge is -2.22. The van der Waals surface area contributed by atoms with Gasteiger partial charge in [0.2, 0.25) is 0 Å². The summed E-state index contributed by atoms with van der Waals surface area (Å²) in [5.74, 6) is -4.22. The molecule has 0 spiro atoms. The number of halogens is 3. The van der Waals surface area contributed by atoms with Crippen LogP contribution in [0.1, 0.15) is 17.7 Å². The summed E-state index contributed by atoms with van der Waals surface area (Å²) in [5, 5.41) is 1.41. The Morgan fingerprint density at radius 2 is 1.49 bits per heavy atom. The van der Waals surface area contributed by atoms with Crippen LogP contribution in [0.5, 0.6) is 0 Å². The van der Waals surface area contributed by atoms with Gasteiger partial charge in [-0.1, -0.05) is 85.0 Å². The molecule has 0 N–H and O–H groups in total. The highest BCUT2D eigenvalue weighted by molar-refractivity contribution is 7.80. The van der Waals surface area contributed by atoms with Crippen LogP contribution in [-0.2, 0) is 10.7 Å². The van der Waals surface area contributed by atoms with Crippen LogP contribution in [0.15, 0.2) is 91.0 Å². The molecule has 0 bridgehead atoms. The summed E-state index contributed by atoms with van der Waals surface area (Å²) in [6, 6.07) is 20.7. The van der Waals surface area contributed by atoms with E-state index in [4.69, 9.17) is 12.2 Å². The number of benzene rings is 3. The van der Waals surface area contributed by atoms with E-state index in [9.17, 15) is 17.7 Å². The monoisotopic (exact) mass is 505 g/mol. The Labute approximate surface area is 206 Å². The predicted octanol–water partition coefficient (Wildman–Crippen LogP) is 6.88. The molecule has 5 rings (SSSR count). The van der Waals surface area contributed by atoms with E-state index < -0.39 is 24.6 Å². The number of allylic oxidation sites excluding steroid dienone is 4. The van der Waals surface area contributed by atoms with Crippen molar-refractivity contribution in [2.24, 2.45) is 0 Å². The van der Waals surface area contributed by atoms with E-state index in [1.165, 1.54) is 0 Å². The zero-order valence-electron chi connectivity index (χ0n) is 18.4. The lowest BCUT2D eigenvalue weighted by molar-refractivity contribution is 0.452. The van der Waals surface area contributed by atoms with E-state index in [2.05, 4.69) is 4.98 Å². The second-order valence-corrected chi connectivity index (χ2v) is 11.6. The van der Waals surface area contributed by atoms with Crippen molar-refractivity contribution in [3.05, 3.63) is 120 Å². The second-order valence-electron chi connectivity index (χ2n) is 8.29. The van der Waals surface area contributed by atoms with E-state index in [0.29, 0.717) is 33.9 Å². The number of pyridine rings is 1. The molecule has 3 aromatic carbocycles. The highest BCUT2D eigenvalue weighted by Gasteiger charge is 2.30.